The molecule has 0 saturated heterocycles. The third-order valence-electron chi connectivity index (χ3n) is 4.20. The van der Waals surface area contributed by atoms with Crippen LogP contribution in [0.1, 0.15) is 27.0 Å². The monoisotopic (exact) mass is 374 g/mol. The van der Waals surface area contributed by atoms with E-state index in [1.54, 1.807) is 36.4 Å². The topological polar surface area (TPSA) is 44.8 Å². The van der Waals surface area contributed by atoms with Crippen molar-refractivity contribution in [3.63, 3.8) is 0 Å². The van der Waals surface area contributed by atoms with Gasteiger partial charge in [-0.25, -0.2) is 4.79 Å². The van der Waals surface area contributed by atoms with Crippen molar-refractivity contribution in [2.45, 2.75) is 13.8 Å². The van der Waals surface area contributed by atoms with E-state index >= 15 is 0 Å². The predicted molar refractivity (Wildman–Crippen MR) is 110 cm³/mol. The van der Waals surface area contributed by atoms with Gasteiger partial charge in [0.15, 0.2) is 0 Å². The zero-order valence-corrected chi connectivity index (χ0v) is 16.0. The van der Waals surface area contributed by atoms with Crippen LogP contribution < -0.4 is 14.2 Å². The normalized spacial score (nSPS) is 10.2. The molecule has 3 aromatic rings. The summed E-state index contributed by atoms with van der Waals surface area (Å²) in [5.74, 6) is 1.46. The lowest BCUT2D eigenvalue weighted by molar-refractivity contribution is 0.0734. The van der Waals surface area contributed by atoms with Crippen LogP contribution in [0, 0.1) is 13.8 Å². The van der Waals surface area contributed by atoms with Gasteiger partial charge in [0.1, 0.15) is 17.2 Å². The van der Waals surface area contributed by atoms with Crippen molar-refractivity contribution in [1.82, 2.24) is 0 Å². The van der Waals surface area contributed by atoms with Gasteiger partial charge in [-0.2, -0.15) is 0 Å². The fourth-order valence-corrected chi connectivity index (χ4v) is 2.56. The maximum atomic E-state index is 12.3. The van der Waals surface area contributed by atoms with E-state index in [2.05, 4.69) is 6.58 Å². The van der Waals surface area contributed by atoms with Crippen LogP contribution in [0.15, 0.2) is 73.3 Å². The van der Waals surface area contributed by atoms with E-state index in [-0.39, 0.29) is 6.79 Å². The Kier molecular flexibility index (Phi) is 6.12. The number of hydrogen-bond acceptors (Lipinski definition) is 4. The quantitative estimate of drug-likeness (QED) is 0.308. The molecule has 0 aliphatic rings. The lowest BCUT2D eigenvalue weighted by Crippen LogP contribution is -2.09. The highest BCUT2D eigenvalue weighted by Crippen LogP contribution is 2.24. The smallest absolute Gasteiger partial charge is 0.343 e. The molecule has 3 aromatic carbocycles. The van der Waals surface area contributed by atoms with Gasteiger partial charge in [-0.1, -0.05) is 42.5 Å². The molecule has 4 heteroatoms. The van der Waals surface area contributed by atoms with Crippen molar-refractivity contribution < 1.29 is 19.0 Å². The molecule has 4 nitrogen and oxygen atoms in total. The lowest BCUT2D eigenvalue weighted by Gasteiger charge is -2.12. The Hall–Kier alpha value is -3.53. The van der Waals surface area contributed by atoms with Crippen molar-refractivity contribution in [2.24, 2.45) is 0 Å². The van der Waals surface area contributed by atoms with E-state index in [1.807, 2.05) is 50.2 Å². The third kappa shape index (κ3) is 5.01. The molecule has 0 aromatic heterocycles. The fourth-order valence-electron chi connectivity index (χ4n) is 2.56. The zero-order valence-electron chi connectivity index (χ0n) is 16.0. The minimum Gasteiger partial charge on any atom is -0.458 e. The molecule has 0 unspecified atom stereocenters. The summed E-state index contributed by atoms with van der Waals surface area (Å²) in [7, 11) is 0. The average Bonchev–Trinajstić information content (AvgIpc) is 2.71. The molecular weight excluding hydrogens is 352 g/mol. The summed E-state index contributed by atoms with van der Waals surface area (Å²) in [5, 5.41) is 0. The van der Waals surface area contributed by atoms with Gasteiger partial charge in [0, 0.05) is 0 Å². The van der Waals surface area contributed by atoms with Crippen LogP contribution in [0.3, 0.4) is 0 Å². The van der Waals surface area contributed by atoms with Crippen LogP contribution in [0.2, 0.25) is 0 Å². The third-order valence-corrected chi connectivity index (χ3v) is 4.20. The van der Waals surface area contributed by atoms with Gasteiger partial charge in [-0.3, -0.25) is 0 Å². The van der Waals surface area contributed by atoms with Crippen LogP contribution in [0.25, 0.3) is 6.08 Å². The Balaban J connectivity index is 1.57. The second-order valence-electron chi connectivity index (χ2n) is 6.36. The number of hydrogen-bond donors (Lipinski definition) is 0. The molecule has 0 radical (unpaired) electrons. The van der Waals surface area contributed by atoms with E-state index in [0.717, 1.165) is 16.9 Å². The fraction of sp³-hybridized carbons (Fsp3) is 0.125. The Morgan fingerprint density at radius 2 is 1.57 bits per heavy atom. The molecule has 0 heterocycles. The number of esters is 1. The molecule has 3 rings (SSSR count). The van der Waals surface area contributed by atoms with Crippen molar-refractivity contribution in [1.29, 1.82) is 0 Å². The van der Waals surface area contributed by atoms with Gasteiger partial charge >= 0.3 is 5.97 Å². The van der Waals surface area contributed by atoms with Crippen molar-refractivity contribution in [3.05, 3.63) is 95.6 Å². The van der Waals surface area contributed by atoms with Gasteiger partial charge in [0.25, 0.3) is 0 Å². The number of ether oxygens (including phenoxy) is 3. The molecule has 142 valence electrons. The number of carbonyl (C=O) groups excluding carboxylic acids is 1. The maximum Gasteiger partial charge on any atom is 0.343 e. The van der Waals surface area contributed by atoms with Crippen LogP contribution in [0.5, 0.6) is 17.2 Å². The average molecular weight is 374 g/mol. The molecule has 0 saturated carbocycles. The first-order valence-corrected chi connectivity index (χ1v) is 8.93. The first-order valence-electron chi connectivity index (χ1n) is 8.93. The molecule has 0 N–H and O–H groups in total. The van der Waals surface area contributed by atoms with Crippen LogP contribution >= 0.6 is 0 Å². The van der Waals surface area contributed by atoms with Crippen LogP contribution in [-0.4, -0.2) is 12.8 Å². The van der Waals surface area contributed by atoms with Crippen molar-refractivity contribution in [2.75, 3.05) is 6.79 Å². The predicted octanol–water partition coefficient (Wildman–Crippen LogP) is 5.58. The Morgan fingerprint density at radius 1 is 0.893 bits per heavy atom. The van der Waals surface area contributed by atoms with E-state index in [9.17, 15) is 4.79 Å². The van der Waals surface area contributed by atoms with Crippen LogP contribution in [0.4, 0.5) is 0 Å². The SMILES string of the molecule is C=Cc1ccc(C(=O)Oc2ccc(OCOc3ccc(C)cc3)c(C)c2)cc1. The summed E-state index contributed by atoms with van der Waals surface area (Å²) in [6.45, 7) is 7.70. The Morgan fingerprint density at radius 3 is 2.21 bits per heavy atom. The molecule has 0 fully saturated rings. The first-order chi connectivity index (χ1) is 13.5. The Labute approximate surface area is 165 Å². The summed E-state index contributed by atoms with van der Waals surface area (Å²) in [4.78, 5) is 12.3. The van der Waals surface area contributed by atoms with Gasteiger partial charge in [0.05, 0.1) is 5.56 Å². The van der Waals surface area contributed by atoms with Gasteiger partial charge in [-0.15, -0.1) is 0 Å². The number of benzene rings is 3. The minimum atomic E-state index is -0.411. The molecule has 0 atom stereocenters. The molecule has 28 heavy (non-hydrogen) atoms. The first kappa shape index (κ1) is 19.2. The Bertz CT molecular complexity index is 957. The molecule has 0 bridgehead atoms. The maximum absolute atomic E-state index is 12.3. The van der Waals surface area contributed by atoms with Gasteiger partial charge in [0.2, 0.25) is 6.79 Å². The second kappa shape index (κ2) is 8.91. The highest BCUT2D eigenvalue weighted by atomic mass is 16.7. The summed E-state index contributed by atoms with van der Waals surface area (Å²) < 4.78 is 16.7. The number of carbonyl (C=O) groups is 1. The van der Waals surface area contributed by atoms with E-state index in [1.165, 1.54) is 5.56 Å². The molecule has 0 aliphatic heterocycles. The molecule has 0 spiro atoms. The zero-order chi connectivity index (χ0) is 19.9. The summed E-state index contributed by atoms with van der Waals surface area (Å²) in [5.41, 5.74) is 3.45. The van der Waals surface area contributed by atoms with Gasteiger partial charge in [-0.05, 0) is 67.4 Å². The second-order valence-corrected chi connectivity index (χ2v) is 6.36. The van der Waals surface area contributed by atoms with Crippen LogP contribution in [-0.2, 0) is 0 Å². The van der Waals surface area contributed by atoms with Crippen molar-refractivity contribution in [3.8, 4) is 17.2 Å². The van der Waals surface area contributed by atoms with E-state index in [0.29, 0.717) is 17.1 Å². The molecule has 0 amide bonds. The number of rotatable bonds is 7. The largest absolute Gasteiger partial charge is 0.458 e. The molecule has 0 aliphatic carbocycles. The highest BCUT2D eigenvalue weighted by Gasteiger charge is 2.10. The summed E-state index contributed by atoms with van der Waals surface area (Å²) >= 11 is 0. The summed E-state index contributed by atoms with van der Waals surface area (Å²) in [6.07, 6.45) is 1.72. The number of aryl methyl sites for hydroxylation is 2. The van der Waals surface area contributed by atoms with E-state index < -0.39 is 5.97 Å². The van der Waals surface area contributed by atoms with Crippen molar-refractivity contribution >= 4 is 12.0 Å². The lowest BCUT2D eigenvalue weighted by atomic mass is 10.1. The van der Waals surface area contributed by atoms with Gasteiger partial charge < -0.3 is 14.2 Å². The summed E-state index contributed by atoms with van der Waals surface area (Å²) in [6, 6.07) is 20.0. The highest BCUT2D eigenvalue weighted by molar-refractivity contribution is 5.91. The standard InChI is InChI=1S/C24H22O4/c1-4-19-7-9-20(10-8-19)24(25)28-22-13-14-23(18(3)15-22)27-16-26-21-11-5-17(2)6-12-21/h4-15H,1,16H2,2-3H3. The minimum absolute atomic E-state index is 0.0959. The van der Waals surface area contributed by atoms with E-state index in [4.69, 9.17) is 14.2 Å². The molecular formula is C24H22O4.